The van der Waals surface area contributed by atoms with Crippen molar-refractivity contribution in [1.82, 2.24) is 9.55 Å². The second kappa shape index (κ2) is 4.25. The Hall–Kier alpha value is -1.61. The molecule has 2 aromatic rings. The number of imidazole rings is 1. The van der Waals surface area contributed by atoms with Crippen LogP contribution in [-0.4, -0.2) is 16.1 Å². The quantitative estimate of drug-likeness (QED) is 0.889. The number of nitrogens with two attached hydrogens (primary N) is 1. The van der Waals surface area contributed by atoms with E-state index in [1.165, 1.54) is 24.0 Å². The van der Waals surface area contributed by atoms with Crippen molar-refractivity contribution >= 4 is 0 Å². The number of aryl methyl sites for hydroxylation is 1. The first-order valence-corrected chi connectivity index (χ1v) is 6.49. The zero-order valence-electron chi connectivity index (χ0n) is 10.8. The summed E-state index contributed by atoms with van der Waals surface area (Å²) in [7, 11) is 2.03. The van der Waals surface area contributed by atoms with Gasteiger partial charge in [0.05, 0.1) is 0 Å². The second-order valence-corrected chi connectivity index (χ2v) is 5.31. The Kier molecular flexibility index (Phi) is 2.71. The largest absolute Gasteiger partial charge is 0.338 e. The van der Waals surface area contributed by atoms with Crippen LogP contribution in [0.2, 0.25) is 0 Å². The van der Waals surface area contributed by atoms with Crippen molar-refractivity contribution in [3.8, 4) is 0 Å². The number of nitrogens with zero attached hydrogens (tertiary/aromatic N) is 2. The van der Waals surface area contributed by atoms with Gasteiger partial charge in [0, 0.05) is 37.8 Å². The molecule has 3 heteroatoms. The van der Waals surface area contributed by atoms with E-state index in [9.17, 15) is 0 Å². The van der Waals surface area contributed by atoms with Gasteiger partial charge >= 0.3 is 0 Å². The lowest BCUT2D eigenvalue weighted by molar-refractivity contribution is 0.704. The maximum Gasteiger partial charge on any atom is 0.112 e. The minimum absolute atomic E-state index is 0.293. The molecule has 0 unspecified atom stereocenters. The van der Waals surface area contributed by atoms with Gasteiger partial charge in [-0.1, -0.05) is 24.3 Å². The van der Waals surface area contributed by atoms with Crippen LogP contribution in [0.25, 0.3) is 0 Å². The average Bonchev–Trinajstić information content (AvgIpc) is 3.10. The van der Waals surface area contributed by atoms with Crippen LogP contribution in [0.1, 0.15) is 29.8 Å². The van der Waals surface area contributed by atoms with E-state index < -0.39 is 0 Å². The van der Waals surface area contributed by atoms with Gasteiger partial charge in [-0.2, -0.15) is 0 Å². The van der Waals surface area contributed by atoms with Crippen LogP contribution in [-0.2, 0) is 18.9 Å². The van der Waals surface area contributed by atoms with Crippen LogP contribution < -0.4 is 5.73 Å². The molecule has 0 spiro atoms. The number of aromatic nitrogens is 2. The van der Waals surface area contributed by atoms with Crippen molar-refractivity contribution in [1.29, 1.82) is 0 Å². The molecule has 94 valence electrons. The third-order valence-corrected chi connectivity index (χ3v) is 4.09. The molecule has 3 nitrogen and oxygen atoms in total. The standard InChI is InChI=1S/C15H19N3/c1-18-9-8-17-14(18)10-12-2-4-13(5-3-12)15(11-16)6-7-15/h2-5,8-9H,6-7,10-11,16H2,1H3. The lowest BCUT2D eigenvalue weighted by Crippen LogP contribution is -2.19. The summed E-state index contributed by atoms with van der Waals surface area (Å²) in [6.07, 6.45) is 7.19. The molecule has 2 N–H and O–H groups in total. The molecule has 0 atom stereocenters. The number of hydrogen-bond acceptors (Lipinski definition) is 2. The summed E-state index contributed by atoms with van der Waals surface area (Å²) < 4.78 is 2.07. The minimum atomic E-state index is 0.293. The lowest BCUT2D eigenvalue weighted by Gasteiger charge is -2.13. The second-order valence-electron chi connectivity index (χ2n) is 5.31. The number of hydrogen-bond donors (Lipinski definition) is 1. The van der Waals surface area contributed by atoms with Gasteiger partial charge in [0.15, 0.2) is 0 Å². The van der Waals surface area contributed by atoms with E-state index in [0.717, 1.165) is 18.8 Å². The SMILES string of the molecule is Cn1ccnc1Cc1ccc(C2(CN)CC2)cc1. The van der Waals surface area contributed by atoms with Gasteiger partial charge < -0.3 is 10.3 Å². The Balaban J connectivity index is 1.78. The van der Waals surface area contributed by atoms with Crippen LogP contribution in [0, 0.1) is 0 Å². The molecule has 1 aliphatic carbocycles. The predicted octanol–water partition coefficient (Wildman–Crippen LogP) is 2.00. The summed E-state index contributed by atoms with van der Waals surface area (Å²) in [6.45, 7) is 0.770. The van der Waals surface area contributed by atoms with Gasteiger partial charge in [-0.15, -0.1) is 0 Å². The molecular weight excluding hydrogens is 222 g/mol. The summed E-state index contributed by atoms with van der Waals surface area (Å²) in [4.78, 5) is 4.35. The first kappa shape index (κ1) is 11.5. The predicted molar refractivity (Wildman–Crippen MR) is 72.4 cm³/mol. The molecule has 1 saturated carbocycles. The van der Waals surface area contributed by atoms with Gasteiger partial charge in [-0.05, 0) is 24.0 Å². The topological polar surface area (TPSA) is 43.8 Å². The van der Waals surface area contributed by atoms with Crippen LogP contribution in [0.5, 0.6) is 0 Å². The molecule has 0 amide bonds. The molecule has 1 heterocycles. The molecule has 0 bridgehead atoms. The van der Waals surface area contributed by atoms with Crippen molar-refractivity contribution in [3.05, 3.63) is 53.6 Å². The molecule has 1 fully saturated rings. The zero-order valence-corrected chi connectivity index (χ0v) is 10.8. The highest BCUT2D eigenvalue weighted by Gasteiger charge is 2.42. The molecular formula is C15H19N3. The van der Waals surface area contributed by atoms with Gasteiger partial charge in [-0.3, -0.25) is 0 Å². The smallest absolute Gasteiger partial charge is 0.112 e. The van der Waals surface area contributed by atoms with E-state index in [-0.39, 0.29) is 0 Å². The van der Waals surface area contributed by atoms with Crippen molar-refractivity contribution in [2.45, 2.75) is 24.7 Å². The fourth-order valence-electron chi connectivity index (χ4n) is 2.49. The Morgan fingerprint density at radius 1 is 1.28 bits per heavy atom. The highest BCUT2D eigenvalue weighted by molar-refractivity contribution is 5.35. The summed E-state index contributed by atoms with van der Waals surface area (Å²) in [5.41, 5.74) is 8.85. The van der Waals surface area contributed by atoms with Crippen molar-refractivity contribution in [2.75, 3.05) is 6.54 Å². The fourth-order valence-corrected chi connectivity index (χ4v) is 2.49. The maximum absolute atomic E-state index is 5.86. The van der Waals surface area contributed by atoms with E-state index in [4.69, 9.17) is 5.73 Å². The van der Waals surface area contributed by atoms with Crippen LogP contribution in [0.4, 0.5) is 0 Å². The number of rotatable bonds is 4. The normalized spacial score (nSPS) is 16.8. The summed E-state index contributed by atoms with van der Waals surface area (Å²) in [5, 5.41) is 0. The fraction of sp³-hybridized carbons (Fsp3) is 0.400. The highest BCUT2D eigenvalue weighted by Crippen LogP contribution is 2.47. The van der Waals surface area contributed by atoms with Crippen LogP contribution >= 0.6 is 0 Å². The van der Waals surface area contributed by atoms with Gasteiger partial charge in [-0.25, -0.2) is 4.98 Å². The van der Waals surface area contributed by atoms with E-state index >= 15 is 0 Å². The molecule has 1 aromatic carbocycles. The summed E-state index contributed by atoms with van der Waals surface area (Å²) >= 11 is 0. The molecule has 1 aromatic heterocycles. The molecule has 0 aliphatic heterocycles. The maximum atomic E-state index is 5.86. The summed E-state index contributed by atoms with van der Waals surface area (Å²) in [5.74, 6) is 1.10. The number of benzene rings is 1. The third-order valence-electron chi connectivity index (χ3n) is 4.09. The van der Waals surface area contributed by atoms with E-state index in [1.54, 1.807) is 0 Å². The van der Waals surface area contributed by atoms with Crippen LogP contribution in [0.15, 0.2) is 36.7 Å². The Morgan fingerprint density at radius 2 is 2.00 bits per heavy atom. The highest BCUT2D eigenvalue weighted by atomic mass is 15.0. The lowest BCUT2D eigenvalue weighted by atomic mass is 9.95. The van der Waals surface area contributed by atoms with E-state index in [0.29, 0.717) is 5.41 Å². The first-order valence-electron chi connectivity index (χ1n) is 6.49. The zero-order chi connectivity index (χ0) is 12.6. The molecule has 3 rings (SSSR count). The van der Waals surface area contributed by atoms with Crippen LogP contribution in [0.3, 0.4) is 0 Å². The summed E-state index contributed by atoms with van der Waals surface area (Å²) in [6, 6.07) is 8.88. The van der Waals surface area contributed by atoms with Gasteiger partial charge in [0.25, 0.3) is 0 Å². The monoisotopic (exact) mass is 241 g/mol. The van der Waals surface area contributed by atoms with E-state index in [1.807, 2.05) is 19.4 Å². The van der Waals surface area contributed by atoms with Crippen molar-refractivity contribution in [2.24, 2.45) is 12.8 Å². The Morgan fingerprint density at radius 3 is 2.50 bits per heavy atom. The Bertz CT molecular complexity index is 535. The van der Waals surface area contributed by atoms with Gasteiger partial charge in [0.2, 0.25) is 0 Å². The van der Waals surface area contributed by atoms with Crippen molar-refractivity contribution < 1.29 is 0 Å². The van der Waals surface area contributed by atoms with Gasteiger partial charge in [0.1, 0.15) is 5.82 Å². The van der Waals surface area contributed by atoms with Crippen molar-refractivity contribution in [3.63, 3.8) is 0 Å². The molecule has 1 aliphatic rings. The van der Waals surface area contributed by atoms with E-state index in [2.05, 4.69) is 33.8 Å². The average molecular weight is 241 g/mol. The first-order chi connectivity index (χ1) is 8.73. The molecule has 18 heavy (non-hydrogen) atoms. The Labute approximate surface area is 108 Å². The third kappa shape index (κ3) is 1.95. The molecule has 0 saturated heterocycles. The minimum Gasteiger partial charge on any atom is -0.338 e. The molecule has 0 radical (unpaired) electrons.